The average molecular weight is 2140 g/mol. The third-order valence-electron chi connectivity index (χ3n) is 25.7. The summed E-state index contributed by atoms with van der Waals surface area (Å²) in [7, 11) is 7.06. The van der Waals surface area contributed by atoms with E-state index in [0.29, 0.717) is 174 Å². The van der Waals surface area contributed by atoms with Crippen molar-refractivity contribution in [1.29, 1.82) is 0 Å². The largest absolute Gasteiger partial charge is 0.870 e. The fourth-order valence-electron chi connectivity index (χ4n) is 17.7. The lowest BCUT2D eigenvalue weighted by Crippen LogP contribution is -2.40. The monoisotopic (exact) mass is 2130 g/mol. The Hall–Kier alpha value is -13.0. The third kappa shape index (κ3) is 24.6. The number of hydrogen-bond donors (Lipinski definition) is 7. The molecule has 0 aliphatic heterocycles. The van der Waals surface area contributed by atoms with E-state index in [1.54, 1.807) is 172 Å². The molecule has 0 bridgehead atoms. The first-order valence-corrected chi connectivity index (χ1v) is 53.7. The maximum absolute atomic E-state index is 13.8. The van der Waals surface area contributed by atoms with E-state index in [4.69, 9.17) is 94.3 Å². The first-order chi connectivity index (χ1) is 70.6. The first kappa shape index (κ1) is 115. The van der Waals surface area contributed by atoms with Crippen LogP contribution in [0.1, 0.15) is 111 Å². The van der Waals surface area contributed by atoms with Crippen LogP contribution in [0.2, 0.25) is 0 Å². The molecule has 0 radical (unpaired) electrons. The third-order valence-corrected chi connectivity index (χ3v) is 37.3. The smallest absolute Gasteiger partial charge is 0.240 e. The zero-order valence-corrected chi connectivity index (χ0v) is 90.7. The molecule has 1 atom stereocenters. The number of rotatable bonds is 42. The number of aliphatic hydroxyl groups excluding tert-OH is 7. The maximum atomic E-state index is 13.8. The van der Waals surface area contributed by atoms with Crippen LogP contribution in [-0.4, -0.2) is 150 Å². The molecule has 0 spiro atoms. The number of aliphatic hydroxyl groups is 7. The van der Waals surface area contributed by atoms with Crippen molar-refractivity contribution in [2.45, 2.75) is 124 Å². The minimum absolute atomic E-state index is 0. The molecule has 1 aliphatic rings. The van der Waals surface area contributed by atoms with Crippen LogP contribution in [0.5, 0.6) is 97.7 Å². The fraction of sp³-hybridized carbons (Fsp3) is 0.261. The van der Waals surface area contributed by atoms with Crippen molar-refractivity contribution < 1.29 is 129 Å². The Morgan fingerprint density at radius 1 is 0.318 bits per heavy atom. The maximum Gasteiger partial charge on any atom is 0.240 e. The number of benzene rings is 13. The van der Waals surface area contributed by atoms with Crippen molar-refractivity contribution in [3.8, 4) is 97.7 Å². The first-order valence-electron chi connectivity index (χ1n) is 46.3. The molecule has 33 heteroatoms. The SMILES string of the molecule is C=C1C=CC(S(=O)(=O)c2ccc(Oc3ccc(C(C)(C)c4ccc(OC)c(CCl)c4)cc3CCl)cc2)=C[CH+]1.COc1cc(CO)c(P(c2c(CO)cc(OC)cc2OC)c2c(OC)cc(CO)cc2OC)c(OC)c1.COc1ccc(C(C)(C)c2ccc(Oc3ccc(S(=O)(=O)c4ccc(C)cc4)cc3)c(C[P+](c3c(CO)cc(OC)cc3CO)(c3c(CO)cc(OC)cc3OC)c3c(OC)cc(CO)cc3OC)c2)cc1.[OH-]. The second-order valence-electron chi connectivity index (χ2n) is 34.9. The van der Waals surface area contributed by atoms with Gasteiger partial charge >= 0.3 is 0 Å². The molecular weight excluding hydrogens is 2010 g/mol. The summed E-state index contributed by atoms with van der Waals surface area (Å²) in [5, 5.41) is 79.7. The number of methoxy groups -OCH3 is 13. The van der Waals surface area contributed by atoms with Crippen LogP contribution >= 0.6 is 38.4 Å². The Kier molecular flexibility index (Phi) is 39.9. The highest BCUT2D eigenvalue weighted by Crippen LogP contribution is 2.67. The summed E-state index contributed by atoms with van der Waals surface area (Å²) < 4.78 is 142. The van der Waals surface area contributed by atoms with Gasteiger partial charge in [0.05, 0.1) is 176 Å². The van der Waals surface area contributed by atoms with E-state index in [-0.39, 0.29) is 69.0 Å². The highest BCUT2D eigenvalue weighted by Gasteiger charge is 2.57. The van der Waals surface area contributed by atoms with Gasteiger partial charge in [0.2, 0.25) is 19.7 Å². The molecule has 14 rings (SSSR count). The summed E-state index contributed by atoms with van der Waals surface area (Å²) in [6.07, 6.45) is 6.49. The molecule has 0 aromatic heterocycles. The molecule has 1 unspecified atom stereocenters. The van der Waals surface area contributed by atoms with Gasteiger partial charge in [-0.15, -0.1) is 23.2 Å². The quantitative estimate of drug-likeness (QED) is 0.0106. The van der Waals surface area contributed by atoms with Crippen LogP contribution in [0.3, 0.4) is 0 Å². The minimum Gasteiger partial charge on any atom is -0.870 e. The number of sulfone groups is 2. The summed E-state index contributed by atoms with van der Waals surface area (Å²) in [6.45, 7) is 11.5. The highest BCUT2D eigenvalue weighted by molar-refractivity contribution is 7.96. The van der Waals surface area contributed by atoms with Gasteiger partial charge in [-0.25, -0.2) is 16.8 Å². The fourth-order valence-corrected chi connectivity index (χ4v) is 29.0. The van der Waals surface area contributed by atoms with E-state index >= 15 is 0 Å². The summed E-state index contributed by atoms with van der Waals surface area (Å²) in [5.74, 6) is 8.48. The molecule has 27 nitrogen and oxygen atoms in total. The van der Waals surface area contributed by atoms with Crippen molar-refractivity contribution in [1.82, 2.24) is 0 Å². The van der Waals surface area contributed by atoms with Crippen LogP contribution in [0, 0.1) is 13.3 Å². The number of halogens is 2. The van der Waals surface area contributed by atoms with E-state index in [1.165, 1.54) is 90.3 Å². The van der Waals surface area contributed by atoms with Gasteiger partial charge in [-0.3, -0.25) is 0 Å². The van der Waals surface area contributed by atoms with Gasteiger partial charge in [0.1, 0.15) is 104 Å². The van der Waals surface area contributed by atoms with Crippen molar-refractivity contribution in [2.24, 2.45) is 0 Å². The second-order valence-corrected chi connectivity index (χ2v) is 44.7. The Bertz CT molecular complexity index is 6700. The van der Waals surface area contributed by atoms with E-state index in [0.717, 1.165) is 50.3 Å². The van der Waals surface area contributed by atoms with Gasteiger partial charge in [0.25, 0.3) is 0 Å². The van der Waals surface area contributed by atoms with E-state index in [1.807, 2.05) is 73.7 Å². The van der Waals surface area contributed by atoms with E-state index in [9.17, 15) is 52.6 Å². The van der Waals surface area contributed by atoms with Gasteiger partial charge in [0.15, 0.2) is 27.9 Å². The van der Waals surface area contributed by atoms with E-state index in [2.05, 4.69) is 46.4 Å². The van der Waals surface area contributed by atoms with Crippen molar-refractivity contribution in [3.63, 3.8) is 0 Å². The van der Waals surface area contributed by atoms with Crippen molar-refractivity contribution in [2.75, 3.05) is 92.4 Å². The van der Waals surface area contributed by atoms with Gasteiger partial charge in [0, 0.05) is 106 Å². The lowest BCUT2D eigenvalue weighted by Gasteiger charge is -2.35. The molecular formula is C115H125Cl2O27P2S2+. The Balaban J connectivity index is 0.000000230. The van der Waals surface area contributed by atoms with Gasteiger partial charge in [-0.1, -0.05) is 81.8 Å². The van der Waals surface area contributed by atoms with Crippen LogP contribution < -0.4 is 103 Å². The van der Waals surface area contributed by atoms with Crippen molar-refractivity contribution in [3.05, 3.63) is 350 Å². The Labute approximate surface area is 877 Å². The molecule has 1 aliphatic carbocycles. The standard InChI is InChI=1S/C57H62O13PS.C31H29Cl2O4S.C27H33O9P.H2O/c1-36-10-19-48(20-11-36)72(62,63)49-21-17-45(18-22-49)70-50-23-14-43(57(2,3)42-12-15-44(64-4)16-13-42)26-41(50)35-71(54-38(32-59)27-46(65-5)28-39(54)33-60,55-40(34-61)29-47(66-6)30-53(55)69-9)56-51(67-7)24-37(31-58)25-52(56)68-8;1-21-5-11-27(12-6-21)38(34,35)28-13-9-26(10-14-28)37-30-16-8-25(18-23(30)20-33)31(2,3)24-7-15-29(36-4)22(17-24)19-32;1-31-19-9-17(14-29)25(23(11-19)35-5)37(26-18(15-30)10-20(32-2)12-24(26)36-6)27-21(33-3)7-16(13-28)8-22(27)34-4;/h10-30,58-61H,31-35H2,1-9H3;5-18H,1,19-20H2,2-4H3;7-12,28-30H,13-15H2,1-6H3;1H2/q2*+1;;/p-1. The van der Waals surface area contributed by atoms with E-state index < -0.39 is 60.1 Å². The number of aryl methyl sites for hydroxylation is 1. The highest BCUT2D eigenvalue weighted by atomic mass is 35.5. The number of ether oxygens (including phenoxy) is 15. The van der Waals surface area contributed by atoms with Gasteiger partial charge < -0.3 is 112 Å². The molecule has 0 saturated heterocycles. The summed E-state index contributed by atoms with van der Waals surface area (Å²) in [5.41, 5.74) is 10.5. The van der Waals surface area contributed by atoms with Crippen LogP contribution in [0.15, 0.2) is 274 Å². The number of hydrogen-bond acceptors (Lipinski definition) is 27. The van der Waals surface area contributed by atoms with Crippen LogP contribution in [-0.2, 0) is 94.7 Å². The minimum atomic E-state index is -3.87. The topological polar surface area (TPSA) is 378 Å². The van der Waals surface area contributed by atoms with Crippen LogP contribution in [0.25, 0.3) is 0 Å². The predicted octanol–water partition coefficient (Wildman–Crippen LogP) is 18.5. The lowest BCUT2D eigenvalue weighted by atomic mass is 9.77. The zero-order chi connectivity index (χ0) is 107. The lowest BCUT2D eigenvalue weighted by molar-refractivity contribution is 0.276. The molecule has 13 aromatic carbocycles. The zero-order valence-electron chi connectivity index (χ0n) is 85.8. The summed E-state index contributed by atoms with van der Waals surface area (Å²) in [6, 6.07) is 65.7. The summed E-state index contributed by atoms with van der Waals surface area (Å²) in [4.78, 5) is 0.654. The summed E-state index contributed by atoms with van der Waals surface area (Å²) >= 11 is 12.5. The molecule has 782 valence electrons. The Morgan fingerprint density at radius 3 is 1.03 bits per heavy atom. The molecule has 0 fully saturated rings. The molecule has 0 amide bonds. The number of alkyl halides is 2. The van der Waals surface area contributed by atoms with Gasteiger partial charge in [-0.05, 0) is 216 Å². The normalized spacial score (nSPS) is 12.3. The number of allylic oxidation sites excluding steroid dienone is 4. The molecule has 0 heterocycles. The van der Waals surface area contributed by atoms with Gasteiger partial charge in [-0.2, -0.15) is 0 Å². The van der Waals surface area contributed by atoms with Crippen molar-refractivity contribution >= 4 is 89.9 Å². The Morgan fingerprint density at radius 2 is 0.642 bits per heavy atom. The molecule has 0 saturated carbocycles. The average Bonchev–Trinajstić information content (AvgIpc) is 0.701. The predicted molar refractivity (Wildman–Crippen MR) is 579 cm³/mol. The molecule has 13 aromatic rings. The van der Waals surface area contributed by atoms with Crippen LogP contribution in [0.4, 0.5) is 0 Å². The second kappa shape index (κ2) is 51.3. The molecule has 8 N–H and O–H groups in total. The molecule has 148 heavy (non-hydrogen) atoms.